The Kier molecular flexibility index (Phi) is 8.37. The number of hydrogen-bond acceptors (Lipinski definition) is 5. The maximum absolute atomic E-state index is 6.09. The van der Waals surface area contributed by atoms with Gasteiger partial charge >= 0.3 is 0 Å². The molecule has 2 aromatic rings. The Balaban J connectivity index is 1.40. The van der Waals surface area contributed by atoms with Crippen molar-refractivity contribution < 1.29 is 14.2 Å². The highest BCUT2D eigenvalue weighted by molar-refractivity contribution is 5.86. The summed E-state index contributed by atoms with van der Waals surface area (Å²) < 4.78 is 17.4. The van der Waals surface area contributed by atoms with Crippen LogP contribution < -0.4 is 14.8 Å². The summed E-state index contributed by atoms with van der Waals surface area (Å²) in [7, 11) is 1.65. The van der Waals surface area contributed by atoms with E-state index < -0.39 is 0 Å². The van der Waals surface area contributed by atoms with E-state index in [1.54, 1.807) is 13.3 Å². The molecule has 2 atom stereocenters. The molecule has 28 heavy (non-hydrogen) atoms. The number of hydrogen-bond donors (Lipinski definition) is 1. The summed E-state index contributed by atoms with van der Waals surface area (Å²) in [6.07, 6.45) is 10.7. The summed E-state index contributed by atoms with van der Waals surface area (Å²) in [6.45, 7) is 4.70. The first-order valence-corrected chi connectivity index (χ1v) is 10.7. The largest absolute Gasteiger partial charge is 0.495 e. The van der Waals surface area contributed by atoms with Gasteiger partial charge < -0.3 is 19.5 Å². The highest BCUT2D eigenvalue weighted by atomic mass is 16.5. The third-order valence-corrected chi connectivity index (χ3v) is 5.40. The van der Waals surface area contributed by atoms with Crippen molar-refractivity contribution in [3.63, 3.8) is 0 Å². The monoisotopic (exact) mass is 386 g/mol. The van der Waals surface area contributed by atoms with Crippen molar-refractivity contribution >= 4 is 10.9 Å². The number of unbranched alkanes of at least 4 members (excludes halogenated alkanes) is 4. The topological polar surface area (TPSA) is 52.6 Å². The lowest BCUT2D eigenvalue weighted by Gasteiger charge is -2.29. The number of ether oxygens (including phenoxy) is 3. The molecule has 0 spiro atoms. The van der Waals surface area contributed by atoms with Crippen LogP contribution in [0.3, 0.4) is 0 Å². The highest BCUT2D eigenvalue weighted by Crippen LogP contribution is 2.28. The van der Waals surface area contributed by atoms with Crippen LogP contribution in [0.1, 0.15) is 51.9 Å². The molecule has 1 aliphatic heterocycles. The lowest BCUT2D eigenvalue weighted by atomic mass is 10.0. The molecular weight excluding hydrogens is 352 g/mol. The van der Waals surface area contributed by atoms with Crippen LogP contribution in [0.2, 0.25) is 0 Å². The second-order valence-corrected chi connectivity index (χ2v) is 7.61. The first-order chi connectivity index (χ1) is 13.8. The average molecular weight is 387 g/mol. The molecule has 2 heterocycles. The van der Waals surface area contributed by atoms with E-state index in [9.17, 15) is 0 Å². The summed E-state index contributed by atoms with van der Waals surface area (Å²) in [4.78, 5) is 4.42. The van der Waals surface area contributed by atoms with E-state index in [0.29, 0.717) is 12.6 Å². The highest BCUT2D eigenvalue weighted by Gasteiger charge is 2.22. The second kappa shape index (κ2) is 11.2. The standard InChI is InChI=1S/C23H34N2O3/c1-3-4-5-6-7-13-24-18-11-12-19(27-16-18)17-28-23-10-8-9-22-21(23)14-20(26-2)15-25-22/h8-10,14-15,18-19,24H,3-7,11-13,16-17H2,1-2H3/t18-,19+/m1/s1. The molecule has 154 valence electrons. The molecule has 1 N–H and O–H groups in total. The Labute approximate surface area is 168 Å². The van der Waals surface area contributed by atoms with Gasteiger partial charge in [-0.1, -0.05) is 38.7 Å². The molecule has 1 saturated heterocycles. The van der Waals surface area contributed by atoms with Gasteiger partial charge in [0.25, 0.3) is 0 Å². The minimum atomic E-state index is 0.149. The van der Waals surface area contributed by atoms with Crippen LogP contribution in [0.15, 0.2) is 30.5 Å². The van der Waals surface area contributed by atoms with Crippen molar-refractivity contribution in [2.45, 2.75) is 64.0 Å². The van der Waals surface area contributed by atoms with Crippen molar-refractivity contribution in [1.82, 2.24) is 10.3 Å². The number of nitrogens with one attached hydrogen (secondary N) is 1. The average Bonchev–Trinajstić information content (AvgIpc) is 2.75. The van der Waals surface area contributed by atoms with Crippen molar-refractivity contribution in [1.29, 1.82) is 0 Å². The molecule has 1 aromatic heterocycles. The fourth-order valence-corrected chi connectivity index (χ4v) is 3.66. The SMILES string of the molecule is CCCCCCCN[C@@H]1CC[C@@H](COc2cccc3ncc(OC)cc23)OC1. The lowest BCUT2D eigenvalue weighted by Crippen LogP contribution is -2.41. The quantitative estimate of drug-likeness (QED) is 0.566. The van der Waals surface area contributed by atoms with Crippen molar-refractivity contribution in [3.8, 4) is 11.5 Å². The Morgan fingerprint density at radius 1 is 1.18 bits per heavy atom. The number of pyridine rings is 1. The number of methoxy groups -OCH3 is 1. The molecule has 0 amide bonds. The van der Waals surface area contributed by atoms with E-state index in [0.717, 1.165) is 48.4 Å². The van der Waals surface area contributed by atoms with Gasteiger partial charge in [0, 0.05) is 11.4 Å². The third kappa shape index (κ3) is 6.08. The first-order valence-electron chi connectivity index (χ1n) is 10.7. The predicted molar refractivity (Wildman–Crippen MR) is 113 cm³/mol. The van der Waals surface area contributed by atoms with Gasteiger partial charge in [0.1, 0.15) is 18.1 Å². The molecule has 0 bridgehead atoms. The molecule has 0 unspecified atom stereocenters. The zero-order valence-corrected chi connectivity index (χ0v) is 17.3. The van der Waals surface area contributed by atoms with E-state index in [1.165, 1.54) is 32.1 Å². The maximum atomic E-state index is 6.09. The Bertz CT molecular complexity index is 714. The van der Waals surface area contributed by atoms with Gasteiger partial charge in [-0.3, -0.25) is 4.98 Å². The van der Waals surface area contributed by atoms with Crippen LogP contribution in [0.4, 0.5) is 0 Å². The summed E-state index contributed by atoms with van der Waals surface area (Å²) in [6, 6.07) is 8.39. The fourth-order valence-electron chi connectivity index (χ4n) is 3.66. The number of aromatic nitrogens is 1. The van der Waals surface area contributed by atoms with Gasteiger partial charge in [0.15, 0.2) is 0 Å². The maximum Gasteiger partial charge on any atom is 0.137 e. The van der Waals surface area contributed by atoms with Crippen LogP contribution in [-0.2, 0) is 4.74 Å². The normalized spacial score (nSPS) is 19.6. The Morgan fingerprint density at radius 3 is 2.86 bits per heavy atom. The van der Waals surface area contributed by atoms with Gasteiger partial charge in [-0.2, -0.15) is 0 Å². The molecule has 1 aliphatic rings. The second-order valence-electron chi connectivity index (χ2n) is 7.61. The molecule has 0 radical (unpaired) electrons. The zero-order valence-electron chi connectivity index (χ0n) is 17.3. The van der Waals surface area contributed by atoms with Crippen molar-refractivity contribution in [2.75, 3.05) is 26.9 Å². The Hall–Kier alpha value is -1.85. The van der Waals surface area contributed by atoms with Crippen LogP contribution in [-0.4, -0.2) is 44.0 Å². The third-order valence-electron chi connectivity index (χ3n) is 5.40. The zero-order chi connectivity index (χ0) is 19.6. The van der Waals surface area contributed by atoms with Gasteiger partial charge in [-0.05, 0) is 44.0 Å². The van der Waals surface area contributed by atoms with Gasteiger partial charge in [0.05, 0.1) is 31.5 Å². The first kappa shape index (κ1) is 20.9. The van der Waals surface area contributed by atoms with Crippen LogP contribution >= 0.6 is 0 Å². The molecule has 5 heteroatoms. The summed E-state index contributed by atoms with van der Waals surface area (Å²) in [5.74, 6) is 1.57. The van der Waals surface area contributed by atoms with E-state index in [1.807, 2.05) is 24.3 Å². The molecule has 0 saturated carbocycles. The number of nitrogens with zero attached hydrogens (tertiary/aromatic N) is 1. The molecule has 3 rings (SSSR count). The van der Waals surface area contributed by atoms with E-state index in [4.69, 9.17) is 14.2 Å². The molecule has 5 nitrogen and oxygen atoms in total. The Morgan fingerprint density at radius 2 is 2.07 bits per heavy atom. The summed E-state index contributed by atoms with van der Waals surface area (Å²) >= 11 is 0. The van der Waals surface area contributed by atoms with Crippen molar-refractivity contribution in [3.05, 3.63) is 30.5 Å². The number of fused-ring (bicyclic) bond motifs is 1. The van der Waals surface area contributed by atoms with E-state index in [-0.39, 0.29) is 6.10 Å². The van der Waals surface area contributed by atoms with Crippen LogP contribution in [0, 0.1) is 0 Å². The minimum Gasteiger partial charge on any atom is -0.495 e. The molecular formula is C23H34N2O3. The van der Waals surface area contributed by atoms with Gasteiger partial charge in [0.2, 0.25) is 0 Å². The smallest absolute Gasteiger partial charge is 0.137 e. The number of benzene rings is 1. The van der Waals surface area contributed by atoms with Crippen LogP contribution in [0.5, 0.6) is 11.5 Å². The van der Waals surface area contributed by atoms with E-state index in [2.05, 4.69) is 17.2 Å². The molecule has 0 aliphatic carbocycles. The lowest BCUT2D eigenvalue weighted by molar-refractivity contribution is -0.0258. The predicted octanol–water partition coefficient (Wildman–Crippen LogP) is 4.73. The number of rotatable bonds is 11. The summed E-state index contributed by atoms with van der Waals surface area (Å²) in [5, 5.41) is 4.61. The van der Waals surface area contributed by atoms with Gasteiger partial charge in [-0.25, -0.2) is 0 Å². The van der Waals surface area contributed by atoms with Gasteiger partial charge in [-0.15, -0.1) is 0 Å². The molecule has 1 fully saturated rings. The summed E-state index contributed by atoms with van der Waals surface area (Å²) in [5.41, 5.74) is 0.908. The van der Waals surface area contributed by atoms with Crippen LogP contribution in [0.25, 0.3) is 10.9 Å². The fraction of sp³-hybridized carbons (Fsp3) is 0.609. The van der Waals surface area contributed by atoms with Crippen molar-refractivity contribution in [2.24, 2.45) is 0 Å². The van der Waals surface area contributed by atoms with E-state index >= 15 is 0 Å². The molecule has 1 aromatic carbocycles. The minimum absolute atomic E-state index is 0.149.